The van der Waals surface area contributed by atoms with E-state index in [4.69, 9.17) is 9.15 Å². The number of rotatable bonds is 8. The van der Waals surface area contributed by atoms with Gasteiger partial charge in [0.1, 0.15) is 11.3 Å². The van der Waals surface area contributed by atoms with E-state index in [1.165, 1.54) is 25.3 Å². The van der Waals surface area contributed by atoms with E-state index in [1.807, 2.05) is 31.2 Å². The highest BCUT2D eigenvalue weighted by Crippen LogP contribution is 2.29. The first-order chi connectivity index (χ1) is 15.8. The largest absolute Gasteiger partial charge is 0.495 e. The molecule has 0 bridgehead atoms. The van der Waals surface area contributed by atoms with Gasteiger partial charge < -0.3 is 14.5 Å². The zero-order valence-electron chi connectivity index (χ0n) is 17.9. The molecule has 0 radical (unpaired) electrons. The highest BCUT2D eigenvalue weighted by Gasteiger charge is 2.19. The minimum absolute atomic E-state index is 0.0305. The molecule has 2 N–H and O–H groups in total. The third kappa shape index (κ3) is 5.47. The number of thioether (sulfide) groups is 1. The van der Waals surface area contributed by atoms with E-state index in [-0.39, 0.29) is 21.8 Å². The summed E-state index contributed by atoms with van der Waals surface area (Å²) in [6.07, 6.45) is 0. The van der Waals surface area contributed by atoms with E-state index < -0.39 is 10.0 Å². The molecule has 8 nitrogen and oxygen atoms in total. The summed E-state index contributed by atoms with van der Waals surface area (Å²) < 4.78 is 39.1. The summed E-state index contributed by atoms with van der Waals surface area (Å²) in [4.78, 5) is 16.6. The first-order valence-corrected chi connectivity index (χ1v) is 12.4. The first kappa shape index (κ1) is 22.7. The number of oxazole rings is 1. The molecule has 0 spiro atoms. The van der Waals surface area contributed by atoms with Crippen molar-refractivity contribution < 1.29 is 22.4 Å². The Labute approximate surface area is 195 Å². The molecular formula is C23H21N3O5S2. The van der Waals surface area contributed by atoms with Crippen LogP contribution in [0.3, 0.4) is 0 Å². The maximum Gasteiger partial charge on any atom is 0.262 e. The summed E-state index contributed by atoms with van der Waals surface area (Å²) in [7, 11) is -2.41. The van der Waals surface area contributed by atoms with Crippen LogP contribution in [0.4, 0.5) is 11.4 Å². The normalized spacial score (nSPS) is 11.3. The average Bonchev–Trinajstić information content (AvgIpc) is 3.20. The molecule has 1 heterocycles. The highest BCUT2D eigenvalue weighted by atomic mass is 32.2. The molecule has 33 heavy (non-hydrogen) atoms. The molecule has 4 rings (SSSR count). The number of fused-ring (bicyclic) bond motifs is 1. The number of para-hydroxylation sites is 2. The predicted molar refractivity (Wildman–Crippen MR) is 128 cm³/mol. The van der Waals surface area contributed by atoms with E-state index in [0.29, 0.717) is 22.5 Å². The Kier molecular flexibility index (Phi) is 6.57. The van der Waals surface area contributed by atoms with Crippen molar-refractivity contribution in [2.45, 2.75) is 17.0 Å². The lowest BCUT2D eigenvalue weighted by atomic mass is 10.2. The number of aryl methyl sites for hydroxylation is 1. The van der Waals surface area contributed by atoms with Crippen LogP contribution in [0.2, 0.25) is 0 Å². The number of ether oxygens (including phenoxy) is 1. The molecule has 0 aliphatic carbocycles. The SMILES string of the molecule is COc1ccccc1NS(=O)(=O)c1ccc2oc(SCC(=O)Nc3cccc(C)c3)nc2c1. The summed E-state index contributed by atoms with van der Waals surface area (Å²) in [5.74, 6) is 0.310. The lowest BCUT2D eigenvalue weighted by Crippen LogP contribution is -2.14. The van der Waals surface area contributed by atoms with Gasteiger partial charge in [-0.1, -0.05) is 36.0 Å². The van der Waals surface area contributed by atoms with Crippen molar-refractivity contribution in [3.8, 4) is 5.75 Å². The van der Waals surface area contributed by atoms with Crippen LogP contribution in [0.1, 0.15) is 5.56 Å². The predicted octanol–water partition coefficient (Wildman–Crippen LogP) is 4.68. The van der Waals surface area contributed by atoms with Crippen molar-refractivity contribution in [1.29, 1.82) is 0 Å². The minimum Gasteiger partial charge on any atom is -0.495 e. The van der Waals surface area contributed by atoms with Gasteiger partial charge in [0.2, 0.25) is 5.91 Å². The smallest absolute Gasteiger partial charge is 0.262 e. The number of methoxy groups -OCH3 is 1. The highest BCUT2D eigenvalue weighted by molar-refractivity contribution is 7.99. The molecule has 0 saturated carbocycles. The molecule has 0 fully saturated rings. The quantitative estimate of drug-likeness (QED) is 0.350. The Balaban J connectivity index is 1.46. The number of amides is 1. The Morgan fingerprint density at radius 1 is 1.09 bits per heavy atom. The third-order valence-electron chi connectivity index (χ3n) is 4.63. The monoisotopic (exact) mass is 483 g/mol. The molecule has 0 atom stereocenters. The van der Waals surface area contributed by atoms with Gasteiger partial charge in [-0.15, -0.1) is 0 Å². The maximum absolute atomic E-state index is 12.8. The van der Waals surface area contributed by atoms with Gasteiger partial charge in [-0.3, -0.25) is 9.52 Å². The van der Waals surface area contributed by atoms with Gasteiger partial charge in [0, 0.05) is 5.69 Å². The van der Waals surface area contributed by atoms with Crippen LogP contribution in [0, 0.1) is 6.92 Å². The van der Waals surface area contributed by atoms with E-state index in [0.717, 1.165) is 23.0 Å². The van der Waals surface area contributed by atoms with Gasteiger partial charge in [-0.05, 0) is 55.0 Å². The molecule has 10 heteroatoms. The Hall–Kier alpha value is -3.50. The second-order valence-electron chi connectivity index (χ2n) is 7.12. The summed E-state index contributed by atoms with van der Waals surface area (Å²) in [6, 6.07) is 18.6. The number of anilines is 2. The van der Waals surface area contributed by atoms with Crippen molar-refractivity contribution in [2.75, 3.05) is 22.9 Å². The Morgan fingerprint density at radius 2 is 1.91 bits per heavy atom. The molecule has 0 saturated heterocycles. The van der Waals surface area contributed by atoms with E-state index in [9.17, 15) is 13.2 Å². The second kappa shape index (κ2) is 9.55. The number of nitrogens with one attached hydrogen (secondary N) is 2. The fraction of sp³-hybridized carbons (Fsp3) is 0.130. The average molecular weight is 484 g/mol. The van der Waals surface area contributed by atoms with Gasteiger partial charge in [0.25, 0.3) is 15.2 Å². The number of sulfonamides is 1. The minimum atomic E-state index is -3.87. The zero-order valence-corrected chi connectivity index (χ0v) is 19.5. The van der Waals surface area contributed by atoms with Crippen LogP contribution in [-0.2, 0) is 14.8 Å². The molecule has 1 aromatic heterocycles. The molecule has 0 aliphatic rings. The number of hydrogen-bond donors (Lipinski definition) is 2. The van der Waals surface area contributed by atoms with Crippen molar-refractivity contribution in [2.24, 2.45) is 0 Å². The number of nitrogens with zero attached hydrogens (tertiary/aromatic N) is 1. The molecule has 0 unspecified atom stereocenters. The second-order valence-corrected chi connectivity index (χ2v) is 9.73. The Morgan fingerprint density at radius 3 is 2.70 bits per heavy atom. The van der Waals surface area contributed by atoms with E-state index in [1.54, 1.807) is 24.3 Å². The summed E-state index contributed by atoms with van der Waals surface area (Å²) in [5.41, 5.74) is 2.89. The van der Waals surface area contributed by atoms with Crippen molar-refractivity contribution in [1.82, 2.24) is 4.98 Å². The number of carbonyl (C=O) groups excluding carboxylic acids is 1. The van der Waals surface area contributed by atoms with Gasteiger partial charge in [-0.2, -0.15) is 0 Å². The molecule has 1 amide bonds. The summed E-state index contributed by atoms with van der Waals surface area (Å²) >= 11 is 1.13. The third-order valence-corrected chi connectivity index (χ3v) is 6.82. The molecule has 4 aromatic rings. The summed E-state index contributed by atoms with van der Waals surface area (Å²) in [6.45, 7) is 1.95. The lowest BCUT2D eigenvalue weighted by Gasteiger charge is -2.11. The molecule has 3 aromatic carbocycles. The van der Waals surface area contributed by atoms with Gasteiger partial charge in [0.05, 0.1) is 23.4 Å². The Bertz CT molecular complexity index is 1420. The van der Waals surface area contributed by atoms with Crippen LogP contribution in [-0.4, -0.2) is 32.2 Å². The zero-order chi connectivity index (χ0) is 23.4. The molecule has 170 valence electrons. The van der Waals surface area contributed by atoms with Crippen LogP contribution < -0.4 is 14.8 Å². The van der Waals surface area contributed by atoms with Gasteiger partial charge >= 0.3 is 0 Å². The summed E-state index contributed by atoms with van der Waals surface area (Å²) in [5, 5.41) is 3.10. The fourth-order valence-electron chi connectivity index (χ4n) is 3.09. The molecule has 0 aliphatic heterocycles. The van der Waals surface area contributed by atoms with Gasteiger partial charge in [-0.25, -0.2) is 13.4 Å². The van der Waals surface area contributed by atoms with Crippen molar-refractivity contribution in [3.05, 3.63) is 72.3 Å². The number of benzene rings is 3. The van der Waals surface area contributed by atoms with Gasteiger partial charge in [0.15, 0.2) is 5.58 Å². The fourth-order valence-corrected chi connectivity index (χ4v) is 4.82. The number of carbonyl (C=O) groups is 1. The lowest BCUT2D eigenvalue weighted by molar-refractivity contribution is -0.113. The number of hydrogen-bond acceptors (Lipinski definition) is 7. The maximum atomic E-state index is 12.8. The van der Waals surface area contributed by atoms with E-state index >= 15 is 0 Å². The van der Waals surface area contributed by atoms with Crippen LogP contribution in [0.5, 0.6) is 5.75 Å². The van der Waals surface area contributed by atoms with Crippen molar-refractivity contribution in [3.63, 3.8) is 0 Å². The van der Waals surface area contributed by atoms with Crippen LogP contribution in [0.25, 0.3) is 11.1 Å². The van der Waals surface area contributed by atoms with E-state index in [2.05, 4.69) is 15.0 Å². The first-order valence-electron chi connectivity index (χ1n) is 9.90. The van der Waals surface area contributed by atoms with Crippen molar-refractivity contribution >= 4 is 50.2 Å². The topological polar surface area (TPSA) is 111 Å². The standard InChI is InChI=1S/C23H21N3O5S2/c1-15-6-5-7-16(12-15)24-22(27)14-32-23-25-19-13-17(10-11-21(19)31-23)33(28,29)26-18-8-3-4-9-20(18)30-2/h3-13,26H,14H2,1-2H3,(H,24,27). The van der Waals surface area contributed by atoms with Crippen LogP contribution in [0.15, 0.2) is 81.3 Å². The van der Waals surface area contributed by atoms with Crippen LogP contribution >= 0.6 is 11.8 Å². The number of aromatic nitrogens is 1. The molecular weight excluding hydrogens is 462 g/mol.